The third kappa shape index (κ3) is 7.17. The third-order valence-electron chi connectivity index (χ3n) is 3.96. The number of aliphatic hydroxyl groups excluding tert-OH is 1. The third-order valence-corrected chi connectivity index (χ3v) is 3.96. The maximum absolute atomic E-state index is 12.5. The van der Waals surface area contributed by atoms with Crippen LogP contribution in [0.15, 0.2) is 0 Å². The number of carbonyl (C=O) groups is 1. The highest BCUT2D eigenvalue weighted by Crippen LogP contribution is 2.25. The molecule has 1 N–H and O–H groups in total. The van der Waals surface area contributed by atoms with Gasteiger partial charge in [0.1, 0.15) is 5.60 Å². The SMILES string of the molecule is C#CCCCCCN(C(=O)OC(C)(C)C)[C@H]1CC[C@H](O)CC1. The molecular weight excluding hydrogens is 278 g/mol. The highest BCUT2D eigenvalue weighted by atomic mass is 16.6. The summed E-state index contributed by atoms with van der Waals surface area (Å²) in [6.45, 7) is 6.38. The zero-order chi connectivity index (χ0) is 16.6. The van der Waals surface area contributed by atoms with E-state index in [-0.39, 0.29) is 18.2 Å². The summed E-state index contributed by atoms with van der Waals surface area (Å²) in [5.41, 5.74) is -0.479. The van der Waals surface area contributed by atoms with Crippen LogP contribution >= 0.6 is 0 Å². The van der Waals surface area contributed by atoms with Gasteiger partial charge in [-0.2, -0.15) is 0 Å². The molecule has 0 aromatic carbocycles. The van der Waals surface area contributed by atoms with Gasteiger partial charge in [-0.1, -0.05) is 6.42 Å². The molecule has 0 atom stereocenters. The predicted octanol–water partition coefficient (Wildman–Crippen LogP) is 3.72. The van der Waals surface area contributed by atoms with Gasteiger partial charge in [0.05, 0.1) is 6.10 Å². The van der Waals surface area contributed by atoms with E-state index in [0.29, 0.717) is 6.54 Å². The molecular formula is C18H31NO3. The fourth-order valence-corrected chi connectivity index (χ4v) is 2.80. The summed E-state index contributed by atoms with van der Waals surface area (Å²) in [6.07, 6.45) is 11.8. The first-order valence-electron chi connectivity index (χ1n) is 8.44. The van der Waals surface area contributed by atoms with Gasteiger partial charge in [-0.05, 0) is 59.3 Å². The van der Waals surface area contributed by atoms with Crippen molar-refractivity contribution in [1.82, 2.24) is 4.90 Å². The van der Waals surface area contributed by atoms with Gasteiger partial charge in [-0.25, -0.2) is 4.79 Å². The first-order valence-corrected chi connectivity index (χ1v) is 8.44. The van der Waals surface area contributed by atoms with E-state index in [0.717, 1.165) is 51.4 Å². The molecule has 4 nitrogen and oxygen atoms in total. The summed E-state index contributed by atoms with van der Waals surface area (Å²) in [5.74, 6) is 2.64. The Labute approximate surface area is 135 Å². The van der Waals surface area contributed by atoms with E-state index >= 15 is 0 Å². The molecule has 1 aliphatic carbocycles. The van der Waals surface area contributed by atoms with Gasteiger partial charge < -0.3 is 14.7 Å². The molecule has 1 saturated carbocycles. The molecule has 0 aromatic rings. The Morgan fingerprint density at radius 1 is 1.23 bits per heavy atom. The van der Waals surface area contributed by atoms with Gasteiger partial charge in [-0.15, -0.1) is 12.3 Å². The number of hydrogen-bond donors (Lipinski definition) is 1. The molecule has 1 fully saturated rings. The molecule has 1 aliphatic rings. The first-order chi connectivity index (χ1) is 10.3. The van der Waals surface area contributed by atoms with Crippen LogP contribution in [0.5, 0.6) is 0 Å². The maximum atomic E-state index is 12.5. The van der Waals surface area contributed by atoms with Crippen molar-refractivity contribution in [3.63, 3.8) is 0 Å². The van der Waals surface area contributed by atoms with Crippen LogP contribution in [-0.4, -0.2) is 40.4 Å². The van der Waals surface area contributed by atoms with E-state index in [1.165, 1.54) is 0 Å². The van der Waals surface area contributed by atoms with Crippen molar-refractivity contribution in [3.05, 3.63) is 0 Å². The Hall–Kier alpha value is -1.21. The minimum atomic E-state index is -0.479. The molecule has 1 amide bonds. The number of aliphatic hydroxyl groups is 1. The number of terminal acetylenes is 1. The van der Waals surface area contributed by atoms with Crippen LogP contribution in [-0.2, 0) is 4.74 Å². The van der Waals surface area contributed by atoms with E-state index in [9.17, 15) is 9.90 Å². The van der Waals surface area contributed by atoms with Gasteiger partial charge in [0, 0.05) is 19.0 Å². The molecule has 0 spiro atoms. The lowest BCUT2D eigenvalue weighted by atomic mass is 9.92. The average Bonchev–Trinajstić information content (AvgIpc) is 2.42. The minimum Gasteiger partial charge on any atom is -0.444 e. The van der Waals surface area contributed by atoms with Gasteiger partial charge in [-0.3, -0.25) is 0 Å². The van der Waals surface area contributed by atoms with Crippen molar-refractivity contribution in [2.24, 2.45) is 0 Å². The molecule has 0 heterocycles. The molecule has 0 radical (unpaired) electrons. The van der Waals surface area contributed by atoms with Gasteiger partial charge in [0.25, 0.3) is 0 Å². The van der Waals surface area contributed by atoms with Gasteiger partial charge in [0.2, 0.25) is 0 Å². The molecule has 0 unspecified atom stereocenters. The molecule has 4 heteroatoms. The lowest BCUT2D eigenvalue weighted by Gasteiger charge is -2.36. The van der Waals surface area contributed by atoms with Crippen LogP contribution in [0.1, 0.15) is 72.1 Å². The largest absolute Gasteiger partial charge is 0.444 e. The van der Waals surface area contributed by atoms with Gasteiger partial charge in [0.15, 0.2) is 0 Å². The number of nitrogens with zero attached hydrogens (tertiary/aromatic N) is 1. The molecule has 1 rings (SSSR count). The summed E-state index contributed by atoms with van der Waals surface area (Å²) in [6, 6.07) is 0.186. The van der Waals surface area contributed by atoms with Crippen molar-refractivity contribution in [3.8, 4) is 12.3 Å². The summed E-state index contributed by atoms with van der Waals surface area (Å²) >= 11 is 0. The van der Waals surface area contributed by atoms with Crippen molar-refractivity contribution in [2.45, 2.75) is 89.9 Å². The predicted molar refractivity (Wildman–Crippen MR) is 88.5 cm³/mol. The number of unbranched alkanes of at least 4 members (excludes halogenated alkanes) is 3. The fraction of sp³-hybridized carbons (Fsp3) is 0.833. The van der Waals surface area contributed by atoms with Crippen LogP contribution in [0, 0.1) is 12.3 Å². The molecule has 126 valence electrons. The van der Waals surface area contributed by atoms with E-state index in [2.05, 4.69) is 5.92 Å². The van der Waals surface area contributed by atoms with Crippen molar-refractivity contribution in [1.29, 1.82) is 0 Å². The first kappa shape index (κ1) is 18.8. The average molecular weight is 309 g/mol. The van der Waals surface area contributed by atoms with E-state index in [4.69, 9.17) is 11.2 Å². The van der Waals surface area contributed by atoms with E-state index < -0.39 is 5.60 Å². The number of hydrogen-bond acceptors (Lipinski definition) is 3. The Bertz CT molecular complexity index is 373. The van der Waals surface area contributed by atoms with E-state index in [1.807, 2.05) is 25.7 Å². The summed E-state index contributed by atoms with van der Waals surface area (Å²) in [4.78, 5) is 14.3. The second-order valence-corrected chi connectivity index (χ2v) is 7.15. The monoisotopic (exact) mass is 309 g/mol. The zero-order valence-corrected chi connectivity index (χ0v) is 14.3. The number of carbonyl (C=O) groups excluding carboxylic acids is 1. The molecule has 0 bridgehead atoms. The molecule has 0 aliphatic heterocycles. The summed E-state index contributed by atoms with van der Waals surface area (Å²) in [5, 5.41) is 9.65. The van der Waals surface area contributed by atoms with Crippen molar-refractivity contribution in [2.75, 3.05) is 6.54 Å². The highest BCUT2D eigenvalue weighted by Gasteiger charge is 2.30. The van der Waals surface area contributed by atoms with E-state index in [1.54, 1.807) is 0 Å². The summed E-state index contributed by atoms with van der Waals surface area (Å²) < 4.78 is 5.55. The van der Waals surface area contributed by atoms with Crippen molar-refractivity contribution >= 4 is 6.09 Å². The van der Waals surface area contributed by atoms with Crippen LogP contribution in [0.4, 0.5) is 4.79 Å². The number of amides is 1. The standard InChI is InChI=1S/C18H31NO3/c1-5-6-7-8-9-14-19(17(21)22-18(2,3)4)15-10-12-16(20)13-11-15/h1,15-16,20H,6-14H2,2-4H3/t15-,16-. The second kappa shape index (κ2) is 9.05. The fourth-order valence-electron chi connectivity index (χ4n) is 2.80. The minimum absolute atomic E-state index is 0.186. The second-order valence-electron chi connectivity index (χ2n) is 7.15. The van der Waals surface area contributed by atoms with Crippen molar-refractivity contribution < 1.29 is 14.6 Å². The normalized spacial score (nSPS) is 22.0. The van der Waals surface area contributed by atoms with Crippen LogP contribution in [0.2, 0.25) is 0 Å². The molecule has 22 heavy (non-hydrogen) atoms. The lowest BCUT2D eigenvalue weighted by Crippen LogP contribution is -2.45. The summed E-state index contributed by atoms with van der Waals surface area (Å²) in [7, 11) is 0. The lowest BCUT2D eigenvalue weighted by molar-refractivity contribution is 0.00467. The molecule has 0 aromatic heterocycles. The quantitative estimate of drug-likeness (QED) is 0.601. The topological polar surface area (TPSA) is 49.8 Å². The Morgan fingerprint density at radius 2 is 1.86 bits per heavy atom. The van der Waals surface area contributed by atoms with Crippen LogP contribution in [0.3, 0.4) is 0 Å². The maximum Gasteiger partial charge on any atom is 0.410 e. The van der Waals surface area contributed by atoms with Crippen LogP contribution < -0.4 is 0 Å². The number of rotatable bonds is 6. The zero-order valence-electron chi connectivity index (χ0n) is 14.3. The number of ether oxygens (including phenoxy) is 1. The molecule has 0 saturated heterocycles. The Kier molecular flexibility index (Phi) is 7.75. The van der Waals surface area contributed by atoms with Gasteiger partial charge >= 0.3 is 6.09 Å². The smallest absolute Gasteiger partial charge is 0.410 e. The Morgan fingerprint density at radius 3 is 2.41 bits per heavy atom. The van der Waals surface area contributed by atoms with Crippen LogP contribution in [0.25, 0.3) is 0 Å². The highest BCUT2D eigenvalue weighted by molar-refractivity contribution is 5.68. The Balaban J connectivity index is 2.56.